The Kier molecular flexibility index (Phi) is 7.48. The van der Waals surface area contributed by atoms with Gasteiger partial charge in [-0.2, -0.15) is 8.78 Å². The van der Waals surface area contributed by atoms with Gasteiger partial charge in [0.1, 0.15) is 5.75 Å². The zero-order chi connectivity index (χ0) is 23.1. The molecule has 8 nitrogen and oxygen atoms in total. The fraction of sp³-hybridized carbons (Fsp3) is 0.273. The largest absolute Gasteiger partial charge is 0.452 e. The van der Waals surface area contributed by atoms with Gasteiger partial charge in [-0.25, -0.2) is 4.79 Å². The van der Waals surface area contributed by atoms with E-state index in [0.717, 1.165) is 10.5 Å². The Morgan fingerprint density at radius 2 is 1.59 bits per heavy atom. The fourth-order valence-corrected chi connectivity index (χ4v) is 3.06. The van der Waals surface area contributed by atoms with Crippen LogP contribution in [-0.4, -0.2) is 43.5 Å². The number of benzene rings is 2. The minimum absolute atomic E-state index is 0.0476. The first-order chi connectivity index (χ1) is 15.3. The smallest absolute Gasteiger partial charge is 0.387 e. The summed E-state index contributed by atoms with van der Waals surface area (Å²) in [6.45, 7) is -3.11. The molecule has 10 heteroatoms. The van der Waals surface area contributed by atoms with Gasteiger partial charge in [0.2, 0.25) is 11.8 Å². The van der Waals surface area contributed by atoms with E-state index in [1.807, 2.05) is 0 Å². The SMILES string of the molecule is O=C(COC(=O)c1ccc(N2C(=O)CCC2=O)cc1)NCCc1ccc(OC(F)F)cc1. The molecule has 2 aromatic carbocycles. The van der Waals surface area contributed by atoms with E-state index in [-0.39, 0.29) is 42.5 Å². The Bertz CT molecular complexity index is 976. The van der Waals surface area contributed by atoms with Crippen molar-refractivity contribution in [2.24, 2.45) is 0 Å². The summed E-state index contributed by atoms with van der Waals surface area (Å²) in [5.74, 6) is -1.76. The van der Waals surface area contributed by atoms with Gasteiger partial charge >= 0.3 is 12.6 Å². The number of hydrogen-bond acceptors (Lipinski definition) is 6. The number of carbonyl (C=O) groups excluding carboxylic acids is 4. The number of rotatable bonds is 9. The Hall–Kier alpha value is -3.82. The minimum atomic E-state index is -2.89. The van der Waals surface area contributed by atoms with Gasteiger partial charge in [0.25, 0.3) is 5.91 Å². The van der Waals surface area contributed by atoms with Crippen molar-refractivity contribution in [1.82, 2.24) is 5.32 Å². The Morgan fingerprint density at radius 3 is 2.19 bits per heavy atom. The van der Waals surface area contributed by atoms with Gasteiger partial charge in [-0.05, 0) is 48.4 Å². The van der Waals surface area contributed by atoms with Crippen LogP contribution in [0, 0.1) is 0 Å². The highest BCUT2D eigenvalue weighted by molar-refractivity contribution is 6.19. The molecule has 0 spiro atoms. The lowest BCUT2D eigenvalue weighted by molar-refractivity contribution is -0.124. The van der Waals surface area contributed by atoms with Crippen LogP contribution in [0.4, 0.5) is 14.5 Å². The van der Waals surface area contributed by atoms with Gasteiger partial charge in [0, 0.05) is 19.4 Å². The molecular formula is C22H20F2N2O6. The van der Waals surface area contributed by atoms with Gasteiger partial charge in [-0.15, -0.1) is 0 Å². The second kappa shape index (κ2) is 10.5. The zero-order valence-electron chi connectivity index (χ0n) is 16.9. The summed E-state index contributed by atoms with van der Waals surface area (Å²) < 4.78 is 33.5. The van der Waals surface area contributed by atoms with E-state index in [9.17, 15) is 28.0 Å². The van der Waals surface area contributed by atoms with E-state index < -0.39 is 25.1 Å². The van der Waals surface area contributed by atoms with Crippen molar-refractivity contribution in [2.45, 2.75) is 25.9 Å². The molecule has 0 atom stereocenters. The summed E-state index contributed by atoms with van der Waals surface area (Å²) in [5, 5.41) is 2.59. The van der Waals surface area contributed by atoms with Gasteiger partial charge in [0.15, 0.2) is 6.61 Å². The van der Waals surface area contributed by atoms with Crippen molar-refractivity contribution in [2.75, 3.05) is 18.1 Å². The van der Waals surface area contributed by atoms with Crippen molar-refractivity contribution in [1.29, 1.82) is 0 Å². The molecule has 168 valence electrons. The Morgan fingerprint density at radius 1 is 0.969 bits per heavy atom. The van der Waals surface area contributed by atoms with Crippen LogP contribution in [0.2, 0.25) is 0 Å². The number of alkyl halides is 2. The number of amides is 3. The van der Waals surface area contributed by atoms with Gasteiger partial charge < -0.3 is 14.8 Å². The molecule has 1 aliphatic heterocycles. The third-order valence-corrected chi connectivity index (χ3v) is 4.63. The van der Waals surface area contributed by atoms with E-state index in [1.165, 1.54) is 36.4 Å². The second-order valence-corrected chi connectivity index (χ2v) is 6.87. The minimum Gasteiger partial charge on any atom is -0.452 e. The van der Waals surface area contributed by atoms with Crippen LogP contribution in [0.15, 0.2) is 48.5 Å². The number of imide groups is 1. The molecule has 2 aromatic rings. The van der Waals surface area contributed by atoms with E-state index in [0.29, 0.717) is 12.1 Å². The Labute approximate surface area is 182 Å². The normalized spacial score (nSPS) is 13.4. The number of carbonyl (C=O) groups is 4. The molecular weight excluding hydrogens is 426 g/mol. The highest BCUT2D eigenvalue weighted by atomic mass is 19.3. The first-order valence-electron chi connectivity index (χ1n) is 9.77. The van der Waals surface area contributed by atoms with Crippen molar-refractivity contribution in [3.05, 3.63) is 59.7 Å². The molecule has 32 heavy (non-hydrogen) atoms. The monoisotopic (exact) mass is 446 g/mol. The number of nitrogens with one attached hydrogen (secondary N) is 1. The molecule has 0 saturated carbocycles. The zero-order valence-corrected chi connectivity index (χ0v) is 16.9. The summed E-state index contributed by atoms with van der Waals surface area (Å²) >= 11 is 0. The van der Waals surface area contributed by atoms with Crippen molar-refractivity contribution in [3.63, 3.8) is 0 Å². The summed E-state index contributed by atoms with van der Waals surface area (Å²) in [5.41, 5.74) is 1.35. The van der Waals surface area contributed by atoms with Crippen LogP contribution in [-0.2, 0) is 25.5 Å². The maximum atomic E-state index is 12.1. The van der Waals surface area contributed by atoms with Gasteiger partial charge in [-0.1, -0.05) is 12.1 Å². The van der Waals surface area contributed by atoms with E-state index in [2.05, 4.69) is 10.1 Å². The highest BCUT2D eigenvalue weighted by Crippen LogP contribution is 2.23. The molecule has 3 rings (SSSR count). The van der Waals surface area contributed by atoms with Crippen LogP contribution in [0.1, 0.15) is 28.8 Å². The predicted molar refractivity (Wildman–Crippen MR) is 108 cm³/mol. The maximum absolute atomic E-state index is 12.1. The molecule has 1 saturated heterocycles. The average molecular weight is 446 g/mol. The molecule has 0 aromatic heterocycles. The molecule has 0 radical (unpaired) electrons. The Balaban J connectivity index is 1.40. The van der Waals surface area contributed by atoms with Gasteiger partial charge in [-0.3, -0.25) is 19.3 Å². The predicted octanol–water partition coefficient (Wildman–Crippen LogP) is 2.46. The number of halogens is 2. The van der Waals surface area contributed by atoms with E-state index >= 15 is 0 Å². The van der Waals surface area contributed by atoms with Crippen LogP contribution in [0.3, 0.4) is 0 Å². The van der Waals surface area contributed by atoms with E-state index in [4.69, 9.17) is 4.74 Å². The van der Waals surface area contributed by atoms with Crippen LogP contribution in [0.25, 0.3) is 0 Å². The van der Waals surface area contributed by atoms with Gasteiger partial charge in [0.05, 0.1) is 11.3 Å². The molecule has 0 bridgehead atoms. The molecule has 0 aliphatic carbocycles. The molecule has 1 aliphatic rings. The second-order valence-electron chi connectivity index (χ2n) is 6.87. The first kappa shape index (κ1) is 22.9. The quantitative estimate of drug-likeness (QED) is 0.469. The number of anilines is 1. The first-order valence-corrected chi connectivity index (χ1v) is 9.77. The molecule has 1 N–H and O–H groups in total. The van der Waals surface area contributed by atoms with Crippen molar-refractivity contribution in [3.8, 4) is 5.75 Å². The summed E-state index contributed by atoms with van der Waals surface area (Å²) in [6.07, 6.45) is 0.774. The lowest BCUT2D eigenvalue weighted by Crippen LogP contribution is -2.30. The molecule has 0 unspecified atom stereocenters. The summed E-state index contributed by atoms with van der Waals surface area (Å²) in [7, 11) is 0. The lowest BCUT2D eigenvalue weighted by atomic mass is 10.1. The van der Waals surface area contributed by atoms with Crippen molar-refractivity contribution < 1.29 is 37.4 Å². The van der Waals surface area contributed by atoms with Crippen LogP contribution in [0.5, 0.6) is 5.75 Å². The summed E-state index contributed by atoms with van der Waals surface area (Å²) in [4.78, 5) is 48.5. The average Bonchev–Trinajstić information content (AvgIpc) is 3.11. The molecule has 1 heterocycles. The van der Waals surface area contributed by atoms with Crippen LogP contribution < -0.4 is 15.0 Å². The number of hydrogen-bond donors (Lipinski definition) is 1. The maximum Gasteiger partial charge on any atom is 0.387 e. The highest BCUT2D eigenvalue weighted by Gasteiger charge is 2.30. The van der Waals surface area contributed by atoms with Crippen LogP contribution >= 0.6 is 0 Å². The third kappa shape index (κ3) is 6.10. The fourth-order valence-electron chi connectivity index (χ4n) is 3.06. The topological polar surface area (TPSA) is 102 Å². The molecule has 1 fully saturated rings. The number of nitrogens with zero attached hydrogens (tertiary/aromatic N) is 1. The third-order valence-electron chi connectivity index (χ3n) is 4.63. The number of ether oxygens (including phenoxy) is 2. The molecule has 3 amide bonds. The van der Waals surface area contributed by atoms with Crippen molar-refractivity contribution >= 4 is 29.4 Å². The lowest BCUT2D eigenvalue weighted by Gasteiger charge is -2.14. The number of esters is 1. The standard InChI is InChI=1S/C22H20F2N2O6/c23-22(24)32-17-7-1-14(2-8-17)11-12-25-18(27)13-31-21(30)15-3-5-16(6-4-15)26-19(28)9-10-20(26)29/h1-8,22H,9-13H2,(H,25,27). The van der Waals surface area contributed by atoms with E-state index in [1.54, 1.807) is 12.1 Å². The summed E-state index contributed by atoms with van der Waals surface area (Å²) in [6, 6.07) is 11.8.